The lowest BCUT2D eigenvalue weighted by Crippen LogP contribution is -2.43. The number of nitrogens with zero attached hydrogens (tertiary/aromatic N) is 3. The molecule has 3 aliphatic heterocycles. The summed E-state index contributed by atoms with van der Waals surface area (Å²) < 4.78 is 18.8. The molecule has 1 saturated heterocycles. The molecule has 0 aliphatic carbocycles. The Hall–Kier alpha value is -2.08. The Morgan fingerprint density at radius 3 is 2.33 bits per heavy atom. The summed E-state index contributed by atoms with van der Waals surface area (Å²) in [4.78, 5) is 25.6. The molecule has 0 aromatic carbocycles. The number of guanidine groups is 1. The van der Waals surface area contributed by atoms with Crippen molar-refractivity contribution >= 4 is 34.3 Å². The van der Waals surface area contributed by atoms with Crippen LogP contribution in [-0.4, -0.2) is 64.0 Å². The Morgan fingerprint density at radius 1 is 1.07 bits per heavy atom. The minimum atomic E-state index is -1.85. The van der Waals surface area contributed by atoms with Crippen LogP contribution in [0.15, 0.2) is 57.8 Å². The molecule has 3 heterocycles. The highest BCUT2D eigenvalue weighted by Gasteiger charge is 2.43. The van der Waals surface area contributed by atoms with Crippen LogP contribution in [0.25, 0.3) is 0 Å². The van der Waals surface area contributed by atoms with Gasteiger partial charge in [-0.05, 0) is 88.1 Å². The zero-order valence-corrected chi connectivity index (χ0v) is 33.1. The molecule has 0 radical (unpaired) electrons. The first-order valence-corrected chi connectivity index (χ1v) is 23.3. The third-order valence-corrected chi connectivity index (χ3v) is 19.6. The number of esters is 1. The maximum absolute atomic E-state index is 13.4. The normalized spacial score (nSPS) is 21.3. The van der Waals surface area contributed by atoms with Crippen molar-refractivity contribution in [3.8, 4) is 0 Å². The molecule has 0 aromatic heterocycles. The van der Waals surface area contributed by atoms with Gasteiger partial charge in [-0.1, -0.05) is 79.3 Å². The van der Waals surface area contributed by atoms with Crippen LogP contribution in [0, 0.1) is 0 Å². The van der Waals surface area contributed by atoms with Gasteiger partial charge < -0.3 is 18.5 Å². The van der Waals surface area contributed by atoms with E-state index in [0.717, 1.165) is 62.1 Å². The number of allylic oxidation sites excluding steroid dienone is 3. The van der Waals surface area contributed by atoms with Crippen molar-refractivity contribution in [2.75, 3.05) is 6.61 Å². The van der Waals surface area contributed by atoms with Crippen LogP contribution in [0.1, 0.15) is 107 Å². The van der Waals surface area contributed by atoms with Crippen LogP contribution < -0.4 is 0 Å². The second-order valence-electron chi connectivity index (χ2n) is 16.2. The van der Waals surface area contributed by atoms with Crippen molar-refractivity contribution in [2.24, 2.45) is 9.98 Å². The molecular weight excluding hydrogens is 607 g/mol. The summed E-state index contributed by atoms with van der Waals surface area (Å²) in [7, 11) is -3.68. The largest absolute Gasteiger partial charge is 0.458 e. The lowest BCUT2D eigenvalue weighted by atomic mass is 9.99. The standard InChI is InChI=1S/C37H63N3O4Si2/c1-14-25-42-34(41)33-31(22-18-19-27(3)43-45(10,11)36(4,5)6)39-35-38-28(26-29-23-24-32(33)40(29)35)20-16-17-21-30(15-2)44-46(12,13)37(7,8)9/h14,17,20-21,27,29-30H,1,15-16,18-19,22-26H2,2-13H3/b21-17+,28-20-/t27-,29+,30+/m1/s1. The van der Waals surface area contributed by atoms with Gasteiger partial charge in [0.25, 0.3) is 0 Å². The smallest absolute Gasteiger partial charge is 0.342 e. The minimum Gasteiger partial charge on any atom is -0.458 e. The molecular formula is C37H63N3O4Si2. The summed E-state index contributed by atoms with van der Waals surface area (Å²) >= 11 is 0. The lowest BCUT2D eigenvalue weighted by molar-refractivity contribution is -0.137. The maximum Gasteiger partial charge on any atom is 0.342 e. The van der Waals surface area contributed by atoms with E-state index in [4.69, 9.17) is 23.6 Å². The number of ether oxygens (including phenoxy) is 1. The van der Waals surface area contributed by atoms with E-state index in [2.05, 4.69) is 111 Å². The van der Waals surface area contributed by atoms with Crippen LogP contribution in [0.2, 0.25) is 36.3 Å². The first-order chi connectivity index (χ1) is 21.3. The summed E-state index contributed by atoms with van der Waals surface area (Å²) in [6.07, 6.45) is 15.4. The van der Waals surface area contributed by atoms with E-state index in [1.807, 2.05) is 0 Å². The molecule has 46 heavy (non-hydrogen) atoms. The Labute approximate surface area is 282 Å². The molecule has 7 nitrogen and oxygen atoms in total. The summed E-state index contributed by atoms with van der Waals surface area (Å²) in [6.45, 7) is 31.2. The predicted octanol–water partition coefficient (Wildman–Crippen LogP) is 9.86. The van der Waals surface area contributed by atoms with Gasteiger partial charge in [0.15, 0.2) is 16.6 Å². The van der Waals surface area contributed by atoms with Gasteiger partial charge in [0.1, 0.15) is 12.2 Å². The molecule has 3 rings (SSSR count). The number of hydrogen-bond acceptors (Lipinski definition) is 7. The van der Waals surface area contributed by atoms with Crippen LogP contribution in [0.5, 0.6) is 0 Å². The summed E-state index contributed by atoms with van der Waals surface area (Å²) in [6, 6.07) is 0.258. The molecule has 0 N–H and O–H groups in total. The molecule has 1 fully saturated rings. The molecule has 0 amide bonds. The number of rotatable bonds is 15. The minimum absolute atomic E-state index is 0.134. The van der Waals surface area contributed by atoms with Crippen molar-refractivity contribution in [1.82, 2.24) is 4.90 Å². The van der Waals surface area contributed by atoms with E-state index in [1.54, 1.807) is 6.08 Å². The second kappa shape index (κ2) is 15.4. The third-order valence-electron chi connectivity index (χ3n) is 10.4. The quantitative estimate of drug-likeness (QED) is 0.0986. The molecule has 3 atom stereocenters. The van der Waals surface area contributed by atoms with Crippen LogP contribution >= 0.6 is 0 Å². The molecule has 0 aromatic rings. The van der Waals surface area contributed by atoms with E-state index < -0.39 is 16.6 Å². The maximum atomic E-state index is 13.4. The highest BCUT2D eigenvalue weighted by atomic mass is 28.4. The molecule has 0 spiro atoms. The van der Waals surface area contributed by atoms with E-state index in [-0.39, 0.29) is 40.9 Å². The average Bonchev–Trinajstić information content (AvgIpc) is 3.36. The Kier molecular flexibility index (Phi) is 12.9. The van der Waals surface area contributed by atoms with Crippen molar-refractivity contribution < 1.29 is 18.4 Å². The Balaban J connectivity index is 1.79. The van der Waals surface area contributed by atoms with Gasteiger partial charge in [0, 0.05) is 30.0 Å². The molecule has 258 valence electrons. The zero-order valence-electron chi connectivity index (χ0n) is 31.1. The number of carbonyl (C=O) groups is 1. The molecule has 0 unspecified atom stereocenters. The molecule has 0 bridgehead atoms. The predicted molar refractivity (Wildman–Crippen MR) is 198 cm³/mol. The third kappa shape index (κ3) is 9.51. The van der Waals surface area contributed by atoms with Gasteiger partial charge in [-0.2, -0.15) is 0 Å². The van der Waals surface area contributed by atoms with Crippen LogP contribution in [0.4, 0.5) is 0 Å². The summed E-state index contributed by atoms with van der Waals surface area (Å²) in [5.41, 5.74) is 3.50. The van der Waals surface area contributed by atoms with E-state index in [1.165, 1.54) is 0 Å². The second-order valence-corrected chi connectivity index (χ2v) is 25.7. The number of hydrogen-bond donors (Lipinski definition) is 0. The number of carbonyl (C=O) groups excluding carboxylic acids is 1. The van der Waals surface area contributed by atoms with Gasteiger partial charge in [-0.25, -0.2) is 14.8 Å². The molecule has 3 aliphatic rings. The highest BCUT2D eigenvalue weighted by molar-refractivity contribution is 6.74. The monoisotopic (exact) mass is 669 g/mol. The van der Waals surface area contributed by atoms with Gasteiger partial charge in [-0.15, -0.1) is 0 Å². The summed E-state index contributed by atoms with van der Waals surface area (Å²) in [5.74, 6) is 0.406. The van der Waals surface area contributed by atoms with E-state index >= 15 is 0 Å². The fourth-order valence-electron chi connectivity index (χ4n) is 5.68. The summed E-state index contributed by atoms with van der Waals surface area (Å²) in [5, 5.41) is 0.354. The highest BCUT2D eigenvalue weighted by Crippen LogP contribution is 2.41. The fraction of sp³-hybridized carbons (Fsp3) is 0.703. The van der Waals surface area contributed by atoms with Crippen LogP contribution in [0.3, 0.4) is 0 Å². The van der Waals surface area contributed by atoms with Gasteiger partial charge >= 0.3 is 5.97 Å². The fourth-order valence-corrected chi connectivity index (χ4v) is 8.52. The Morgan fingerprint density at radius 2 is 1.72 bits per heavy atom. The average molecular weight is 670 g/mol. The van der Waals surface area contributed by atoms with Crippen molar-refractivity contribution in [3.05, 3.63) is 47.9 Å². The molecule has 0 saturated carbocycles. The lowest BCUT2D eigenvalue weighted by Gasteiger charge is -2.38. The van der Waals surface area contributed by atoms with Crippen molar-refractivity contribution in [2.45, 2.75) is 161 Å². The SMILES string of the molecule is C=CCOC(=O)C1=C2CC[C@H]3C/C(=C/C/C=C/[C@H](CC)O[Si](C)(C)C(C)(C)C)N=C(N=C1CCC[C@@H](C)O[Si](C)(C)C(C)(C)C)N23. The topological polar surface area (TPSA) is 72.7 Å². The van der Waals surface area contributed by atoms with Crippen LogP contribution in [-0.2, 0) is 18.4 Å². The van der Waals surface area contributed by atoms with Crippen molar-refractivity contribution in [1.29, 1.82) is 0 Å². The Bertz CT molecular complexity index is 1260. The first kappa shape index (κ1) is 38.4. The van der Waals surface area contributed by atoms with Gasteiger partial charge in [-0.3, -0.25) is 0 Å². The number of aliphatic imine (C=N–C) groups is 2. The van der Waals surface area contributed by atoms with Gasteiger partial charge in [0.05, 0.1) is 11.8 Å². The van der Waals surface area contributed by atoms with E-state index in [0.29, 0.717) is 18.0 Å². The van der Waals surface area contributed by atoms with Gasteiger partial charge in [0.2, 0.25) is 5.96 Å². The van der Waals surface area contributed by atoms with Crippen molar-refractivity contribution in [3.63, 3.8) is 0 Å². The first-order valence-electron chi connectivity index (χ1n) is 17.5. The molecule has 9 heteroatoms. The van der Waals surface area contributed by atoms with E-state index in [9.17, 15) is 4.79 Å². The zero-order chi connectivity index (χ0) is 34.5.